The molecule has 3 aromatic carbocycles. The Morgan fingerprint density at radius 1 is 1.04 bits per heavy atom. The molecule has 0 saturated carbocycles. The van der Waals surface area contributed by atoms with Crippen LogP contribution in [0.3, 0.4) is 0 Å². The third-order valence-electron chi connectivity index (χ3n) is 3.96. The molecule has 2 amide bonds. The van der Waals surface area contributed by atoms with Crippen molar-refractivity contribution in [3.8, 4) is 0 Å². The van der Waals surface area contributed by atoms with Crippen LogP contribution in [0.2, 0.25) is 0 Å². The van der Waals surface area contributed by atoms with Crippen LogP contribution < -0.4 is 10.6 Å². The van der Waals surface area contributed by atoms with Crippen molar-refractivity contribution in [2.24, 2.45) is 0 Å². The second-order valence-corrected chi connectivity index (χ2v) is 5.70. The first-order valence-corrected chi connectivity index (χ1v) is 7.84. The standard InChI is InChI=1S/C19H17N3O3/c1-13(14-6-3-2-4-7-14)20-19(23)21-16-11-10-15-8-5-9-18(22(24)25)17(15)12-16/h2-13H,1H3,(H2,20,21,23)/t13-/m1/s1. The van der Waals surface area contributed by atoms with Gasteiger partial charge in [0, 0.05) is 11.8 Å². The first-order valence-electron chi connectivity index (χ1n) is 7.84. The SMILES string of the molecule is C[C@@H](NC(=O)Nc1ccc2cccc([N+](=O)[O-])c2c1)c1ccccc1. The number of amides is 2. The lowest BCUT2D eigenvalue weighted by Gasteiger charge is -2.15. The van der Waals surface area contributed by atoms with Crippen LogP contribution in [-0.2, 0) is 0 Å². The maximum Gasteiger partial charge on any atom is 0.319 e. The molecule has 126 valence electrons. The van der Waals surface area contributed by atoms with Gasteiger partial charge < -0.3 is 10.6 Å². The fourth-order valence-electron chi connectivity index (χ4n) is 2.68. The van der Waals surface area contributed by atoms with Gasteiger partial charge in [-0.1, -0.05) is 48.5 Å². The van der Waals surface area contributed by atoms with E-state index in [1.165, 1.54) is 6.07 Å². The minimum atomic E-state index is -0.427. The van der Waals surface area contributed by atoms with Gasteiger partial charge in [0.25, 0.3) is 5.69 Å². The summed E-state index contributed by atoms with van der Waals surface area (Å²) in [7, 11) is 0. The summed E-state index contributed by atoms with van der Waals surface area (Å²) in [5.74, 6) is 0. The molecule has 25 heavy (non-hydrogen) atoms. The Morgan fingerprint density at radius 2 is 1.80 bits per heavy atom. The van der Waals surface area contributed by atoms with E-state index < -0.39 is 4.92 Å². The number of hydrogen-bond donors (Lipinski definition) is 2. The lowest BCUT2D eigenvalue weighted by molar-refractivity contribution is -0.383. The highest BCUT2D eigenvalue weighted by molar-refractivity contribution is 5.97. The molecule has 0 spiro atoms. The highest BCUT2D eigenvalue weighted by Crippen LogP contribution is 2.28. The molecule has 0 radical (unpaired) electrons. The van der Waals surface area contributed by atoms with Crippen molar-refractivity contribution in [3.63, 3.8) is 0 Å². The number of nitrogens with zero attached hydrogens (tertiary/aromatic N) is 1. The third kappa shape index (κ3) is 3.74. The Kier molecular flexibility index (Phi) is 4.61. The minimum absolute atomic E-state index is 0.0132. The lowest BCUT2D eigenvalue weighted by atomic mass is 10.1. The molecule has 0 unspecified atom stereocenters. The van der Waals surface area contributed by atoms with E-state index in [0.29, 0.717) is 11.1 Å². The zero-order valence-corrected chi connectivity index (χ0v) is 13.6. The molecule has 0 saturated heterocycles. The maximum absolute atomic E-state index is 12.2. The van der Waals surface area contributed by atoms with Crippen molar-refractivity contribution in [1.29, 1.82) is 0 Å². The fourth-order valence-corrected chi connectivity index (χ4v) is 2.68. The molecule has 3 rings (SSSR count). The Bertz CT molecular complexity index is 926. The van der Waals surface area contributed by atoms with Crippen LogP contribution >= 0.6 is 0 Å². The molecule has 6 nitrogen and oxygen atoms in total. The summed E-state index contributed by atoms with van der Waals surface area (Å²) in [6.07, 6.45) is 0. The van der Waals surface area contributed by atoms with Crippen molar-refractivity contribution in [1.82, 2.24) is 5.32 Å². The smallest absolute Gasteiger partial charge is 0.319 e. The Morgan fingerprint density at radius 3 is 2.52 bits per heavy atom. The number of urea groups is 1. The minimum Gasteiger partial charge on any atom is -0.331 e. The number of nitro benzene ring substituents is 1. The number of carbonyl (C=O) groups excluding carboxylic acids is 1. The summed E-state index contributed by atoms with van der Waals surface area (Å²) in [5.41, 5.74) is 1.51. The zero-order chi connectivity index (χ0) is 17.8. The van der Waals surface area contributed by atoms with Crippen molar-refractivity contribution < 1.29 is 9.72 Å². The second kappa shape index (κ2) is 7.00. The quantitative estimate of drug-likeness (QED) is 0.538. The number of fused-ring (bicyclic) bond motifs is 1. The first kappa shape index (κ1) is 16.4. The molecule has 3 aromatic rings. The second-order valence-electron chi connectivity index (χ2n) is 5.70. The van der Waals surface area contributed by atoms with E-state index in [2.05, 4.69) is 10.6 Å². The summed E-state index contributed by atoms with van der Waals surface area (Å²) in [4.78, 5) is 22.9. The van der Waals surface area contributed by atoms with Crippen molar-refractivity contribution in [2.75, 3.05) is 5.32 Å². The van der Waals surface area contributed by atoms with Gasteiger partial charge in [0.05, 0.1) is 16.4 Å². The molecule has 0 heterocycles. The van der Waals surface area contributed by atoms with Crippen LogP contribution in [0.15, 0.2) is 66.7 Å². The molecular weight excluding hydrogens is 318 g/mol. The number of benzene rings is 3. The molecular formula is C19H17N3O3. The van der Waals surface area contributed by atoms with Crippen LogP contribution in [-0.4, -0.2) is 11.0 Å². The van der Waals surface area contributed by atoms with Crippen LogP contribution in [0.1, 0.15) is 18.5 Å². The number of nitro groups is 1. The summed E-state index contributed by atoms with van der Waals surface area (Å²) in [6, 6.07) is 19.0. The highest BCUT2D eigenvalue weighted by Gasteiger charge is 2.13. The average molecular weight is 335 g/mol. The molecule has 0 aliphatic heterocycles. The highest BCUT2D eigenvalue weighted by atomic mass is 16.6. The summed E-state index contributed by atoms with van der Waals surface area (Å²) < 4.78 is 0. The van der Waals surface area contributed by atoms with E-state index in [1.54, 1.807) is 30.3 Å². The van der Waals surface area contributed by atoms with Gasteiger partial charge in [-0.2, -0.15) is 0 Å². The number of rotatable bonds is 4. The molecule has 6 heteroatoms. The van der Waals surface area contributed by atoms with Crippen LogP contribution in [0.5, 0.6) is 0 Å². The Labute approximate surface area is 144 Å². The average Bonchev–Trinajstić information content (AvgIpc) is 2.61. The Balaban J connectivity index is 1.77. The van der Waals surface area contributed by atoms with Crippen molar-refractivity contribution >= 4 is 28.2 Å². The van der Waals surface area contributed by atoms with Crippen LogP contribution in [0, 0.1) is 10.1 Å². The molecule has 0 aliphatic rings. The normalized spacial score (nSPS) is 11.7. The monoisotopic (exact) mass is 335 g/mol. The molecule has 0 aliphatic carbocycles. The van der Waals surface area contributed by atoms with Gasteiger partial charge in [0.15, 0.2) is 0 Å². The predicted octanol–water partition coefficient (Wildman–Crippen LogP) is 4.63. The first-order chi connectivity index (χ1) is 12.0. The van der Waals surface area contributed by atoms with Crippen molar-refractivity contribution in [2.45, 2.75) is 13.0 Å². The molecule has 0 fully saturated rings. The Hall–Kier alpha value is -3.41. The van der Waals surface area contributed by atoms with E-state index in [4.69, 9.17) is 0 Å². The maximum atomic E-state index is 12.2. The largest absolute Gasteiger partial charge is 0.331 e. The fraction of sp³-hybridized carbons (Fsp3) is 0.105. The number of nitrogens with one attached hydrogen (secondary N) is 2. The van der Waals surface area contributed by atoms with Crippen LogP contribution in [0.25, 0.3) is 10.8 Å². The number of anilines is 1. The molecule has 2 N–H and O–H groups in total. The van der Waals surface area contributed by atoms with Gasteiger partial charge in [-0.25, -0.2) is 4.79 Å². The molecule has 0 bridgehead atoms. The van der Waals surface area contributed by atoms with Gasteiger partial charge in [0.2, 0.25) is 0 Å². The van der Waals surface area contributed by atoms with Gasteiger partial charge >= 0.3 is 6.03 Å². The topological polar surface area (TPSA) is 84.3 Å². The molecule has 0 aromatic heterocycles. The van der Waals surface area contributed by atoms with Gasteiger partial charge in [-0.05, 0) is 30.0 Å². The van der Waals surface area contributed by atoms with E-state index >= 15 is 0 Å². The number of non-ortho nitro benzene ring substituents is 1. The summed E-state index contributed by atoms with van der Waals surface area (Å²) in [5, 5.41) is 18.0. The number of hydrogen-bond acceptors (Lipinski definition) is 3. The van der Waals surface area contributed by atoms with E-state index in [1.807, 2.05) is 37.3 Å². The summed E-state index contributed by atoms with van der Waals surface area (Å²) in [6.45, 7) is 1.89. The predicted molar refractivity (Wildman–Crippen MR) is 97.6 cm³/mol. The van der Waals surface area contributed by atoms with Gasteiger partial charge in [0.1, 0.15) is 0 Å². The van der Waals surface area contributed by atoms with Gasteiger partial charge in [-0.3, -0.25) is 10.1 Å². The molecule has 1 atom stereocenters. The van der Waals surface area contributed by atoms with E-state index in [9.17, 15) is 14.9 Å². The number of carbonyl (C=O) groups is 1. The van der Waals surface area contributed by atoms with Gasteiger partial charge in [-0.15, -0.1) is 0 Å². The van der Waals surface area contributed by atoms with Crippen LogP contribution in [0.4, 0.5) is 16.2 Å². The zero-order valence-electron chi connectivity index (χ0n) is 13.6. The third-order valence-corrected chi connectivity index (χ3v) is 3.96. The van der Waals surface area contributed by atoms with Crippen molar-refractivity contribution in [3.05, 3.63) is 82.4 Å². The lowest BCUT2D eigenvalue weighted by Crippen LogP contribution is -2.31. The summed E-state index contributed by atoms with van der Waals surface area (Å²) >= 11 is 0. The van der Waals surface area contributed by atoms with E-state index in [0.717, 1.165) is 10.9 Å². The van der Waals surface area contributed by atoms with E-state index in [-0.39, 0.29) is 17.8 Å².